The number of carbonyl (C=O) groups is 1. The summed E-state index contributed by atoms with van der Waals surface area (Å²) >= 11 is 7.48. The molecule has 0 saturated heterocycles. The summed E-state index contributed by atoms with van der Waals surface area (Å²) in [4.78, 5) is 37.1. The van der Waals surface area contributed by atoms with Gasteiger partial charge < -0.3 is 15.0 Å². The van der Waals surface area contributed by atoms with Crippen LogP contribution in [0.4, 0.5) is 17.3 Å². The zero-order chi connectivity index (χ0) is 23.1. The highest BCUT2D eigenvalue weighted by Crippen LogP contribution is 2.41. The second kappa shape index (κ2) is 8.62. The van der Waals surface area contributed by atoms with Gasteiger partial charge in [0, 0.05) is 41.2 Å². The summed E-state index contributed by atoms with van der Waals surface area (Å²) in [6.07, 6.45) is 3.34. The highest BCUT2D eigenvalue weighted by atomic mass is 35.5. The summed E-state index contributed by atoms with van der Waals surface area (Å²) in [5.41, 5.74) is 3.73. The van der Waals surface area contributed by atoms with Crippen LogP contribution in [0.25, 0.3) is 21.1 Å². The minimum absolute atomic E-state index is 0.141. The highest BCUT2D eigenvalue weighted by molar-refractivity contribution is 7.21. The third kappa shape index (κ3) is 3.90. The van der Waals surface area contributed by atoms with E-state index in [2.05, 4.69) is 20.3 Å². The number of aliphatic imine (C=N–C) groups is 1. The molecule has 0 spiro atoms. The van der Waals surface area contributed by atoms with E-state index in [1.807, 2.05) is 37.9 Å². The van der Waals surface area contributed by atoms with Crippen LogP contribution in [-0.4, -0.2) is 51.8 Å². The number of carbonyl (C=O) groups excluding carboxylic acids is 1. The van der Waals surface area contributed by atoms with Crippen LogP contribution in [0.1, 0.15) is 29.1 Å². The predicted molar refractivity (Wildman–Crippen MR) is 131 cm³/mol. The van der Waals surface area contributed by atoms with Crippen molar-refractivity contribution in [1.82, 2.24) is 19.9 Å². The number of nitrogens with one attached hydrogen (secondary N) is 1. The highest BCUT2D eigenvalue weighted by Gasteiger charge is 2.24. The summed E-state index contributed by atoms with van der Waals surface area (Å²) in [5.74, 6) is 0.968. The van der Waals surface area contributed by atoms with Crippen LogP contribution >= 0.6 is 22.9 Å². The van der Waals surface area contributed by atoms with Crippen molar-refractivity contribution in [3.8, 4) is 0 Å². The molecule has 3 aromatic heterocycles. The van der Waals surface area contributed by atoms with Gasteiger partial charge in [-0.15, -0.1) is 11.3 Å². The van der Waals surface area contributed by atoms with Gasteiger partial charge in [0.25, 0.3) is 5.91 Å². The van der Waals surface area contributed by atoms with Gasteiger partial charge in [-0.05, 0) is 37.6 Å². The van der Waals surface area contributed by atoms with E-state index in [0.717, 1.165) is 32.6 Å². The Morgan fingerprint density at radius 2 is 2.09 bits per heavy atom. The Morgan fingerprint density at radius 1 is 1.24 bits per heavy atom. The van der Waals surface area contributed by atoms with Crippen LogP contribution < -0.4 is 10.2 Å². The van der Waals surface area contributed by atoms with Crippen LogP contribution in [0.15, 0.2) is 29.5 Å². The Kier molecular flexibility index (Phi) is 5.65. The second-order valence-corrected chi connectivity index (χ2v) is 8.92. The number of thiophene rings is 1. The topological polar surface area (TPSA) is 105 Å². The number of fused-ring (bicyclic) bond motifs is 5. The largest absolute Gasteiger partial charge is 0.378 e. The van der Waals surface area contributed by atoms with E-state index in [-0.39, 0.29) is 11.2 Å². The van der Waals surface area contributed by atoms with Gasteiger partial charge in [0.1, 0.15) is 10.7 Å². The third-order valence-electron chi connectivity index (χ3n) is 5.29. The number of halogens is 1. The van der Waals surface area contributed by atoms with Crippen molar-refractivity contribution >= 4 is 73.0 Å². The third-order valence-corrected chi connectivity index (χ3v) is 6.62. The Labute approximate surface area is 198 Å². The Balaban J connectivity index is 1.60. The van der Waals surface area contributed by atoms with Crippen molar-refractivity contribution in [2.24, 2.45) is 4.99 Å². The second-order valence-electron chi connectivity index (χ2n) is 7.53. The van der Waals surface area contributed by atoms with Gasteiger partial charge in [-0.3, -0.25) is 4.79 Å². The molecular formula is C22H20ClN7O2S. The number of anilines is 3. The van der Waals surface area contributed by atoms with E-state index >= 15 is 0 Å². The van der Waals surface area contributed by atoms with Crippen LogP contribution in [0.3, 0.4) is 0 Å². The molecule has 1 N–H and O–H groups in total. The normalized spacial score (nSPS) is 13.6. The molecule has 0 atom stereocenters. The average Bonchev–Trinajstić information content (AvgIpc) is 3.13. The van der Waals surface area contributed by atoms with Crippen LogP contribution in [0.2, 0.25) is 5.28 Å². The fourth-order valence-corrected chi connectivity index (χ4v) is 4.90. The van der Waals surface area contributed by atoms with E-state index < -0.39 is 0 Å². The average molecular weight is 482 g/mol. The van der Waals surface area contributed by atoms with E-state index in [1.165, 1.54) is 11.3 Å². The SMILES string of the molecule is CCOCc1cnc(Cl)nc1N(C)c1cnc2c(ccc3sc4c(c32)NCC(C)=NC4=O)n1. The van der Waals surface area contributed by atoms with Crippen molar-refractivity contribution in [3.63, 3.8) is 0 Å². The monoisotopic (exact) mass is 481 g/mol. The van der Waals surface area contributed by atoms with Crippen molar-refractivity contribution < 1.29 is 9.53 Å². The molecule has 0 radical (unpaired) electrons. The molecule has 0 bridgehead atoms. The maximum atomic E-state index is 12.6. The Hall–Kier alpha value is -3.21. The number of aromatic nitrogens is 4. The van der Waals surface area contributed by atoms with Crippen molar-refractivity contribution in [3.05, 3.63) is 40.3 Å². The maximum absolute atomic E-state index is 12.6. The summed E-state index contributed by atoms with van der Waals surface area (Å²) < 4.78 is 6.50. The summed E-state index contributed by atoms with van der Waals surface area (Å²) in [7, 11) is 1.85. The summed E-state index contributed by atoms with van der Waals surface area (Å²) in [6.45, 7) is 5.20. The summed E-state index contributed by atoms with van der Waals surface area (Å²) in [6, 6.07) is 3.87. The molecule has 1 aliphatic heterocycles. The standard InChI is InChI=1S/C22H20ClN7O2S/c1-4-32-10-12-8-26-22(23)29-20(12)30(3)15-9-25-17-13(28-15)5-6-14-16(17)18-19(33-14)21(31)27-11(2)7-24-18/h5-6,8-9,24H,4,7,10H2,1-3H3. The van der Waals surface area contributed by atoms with Gasteiger partial charge in [-0.1, -0.05) is 0 Å². The lowest BCUT2D eigenvalue weighted by Gasteiger charge is -2.20. The molecule has 168 valence electrons. The first-order chi connectivity index (χ1) is 16.0. The van der Waals surface area contributed by atoms with E-state index in [4.69, 9.17) is 26.3 Å². The first-order valence-corrected chi connectivity index (χ1v) is 11.5. The molecule has 33 heavy (non-hydrogen) atoms. The molecule has 4 heterocycles. The van der Waals surface area contributed by atoms with Gasteiger partial charge >= 0.3 is 0 Å². The number of rotatable bonds is 5. The number of ether oxygens (including phenoxy) is 1. The van der Waals surface area contributed by atoms with Crippen molar-refractivity contribution in [2.45, 2.75) is 20.5 Å². The molecular weight excluding hydrogens is 462 g/mol. The van der Waals surface area contributed by atoms with E-state index in [1.54, 1.807) is 12.4 Å². The molecule has 11 heteroatoms. The Bertz CT molecular complexity index is 1440. The zero-order valence-corrected chi connectivity index (χ0v) is 19.8. The molecule has 5 rings (SSSR count). The fraction of sp³-hybridized carbons (Fsp3) is 0.273. The lowest BCUT2D eigenvalue weighted by atomic mass is 10.1. The molecule has 1 amide bonds. The van der Waals surface area contributed by atoms with Gasteiger partial charge in [0.2, 0.25) is 5.28 Å². The molecule has 9 nitrogen and oxygen atoms in total. The quantitative estimate of drug-likeness (QED) is 0.411. The van der Waals surface area contributed by atoms with Crippen LogP contribution in [0, 0.1) is 0 Å². The number of amides is 1. The molecule has 4 aromatic rings. The fourth-order valence-electron chi connectivity index (χ4n) is 3.71. The predicted octanol–water partition coefficient (Wildman–Crippen LogP) is 4.62. The van der Waals surface area contributed by atoms with Gasteiger partial charge in [0.15, 0.2) is 5.82 Å². The molecule has 0 saturated carbocycles. The van der Waals surface area contributed by atoms with E-state index in [9.17, 15) is 4.79 Å². The van der Waals surface area contributed by atoms with E-state index in [0.29, 0.717) is 41.8 Å². The number of benzene rings is 1. The van der Waals surface area contributed by atoms with Gasteiger partial charge in [-0.25, -0.2) is 19.9 Å². The van der Waals surface area contributed by atoms with Crippen molar-refractivity contribution in [1.29, 1.82) is 0 Å². The maximum Gasteiger partial charge on any atom is 0.289 e. The molecule has 1 aromatic carbocycles. The molecule has 0 unspecified atom stereocenters. The Morgan fingerprint density at radius 3 is 2.91 bits per heavy atom. The first-order valence-electron chi connectivity index (χ1n) is 10.3. The van der Waals surface area contributed by atoms with Crippen molar-refractivity contribution in [2.75, 3.05) is 30.4 Å². The minimum atomic E-state index is -0.228. The molecule has 1 aliphatic rings. The molecule has 0 aliphatic carbocycles. The lowest BCUT2D eigenvalue weighted by Crippen LogP contribution is -2.16. The van der Waals surface area contributed by atoms with Crippen LogP contribution in [0.5, 0.6) is 0 Å². The van der Waals surface area contributed by atoms with Gasteiger partial charge in [0.05, 0.1) is 36.1 Å². The number of hydrogen-bond acceptors (Lipinski definition) is 9. The number of nitrogens with zero attached hydrogens (tertiary/aromatic N) is 6. The zero-order valence-electron chi connectivity index (χ0n) is 18.2. The lowest BCUT2D eigenvalue weighted by molar-refractivity contribution is 0.101. The summed E-state index contributed by atoms with van der Waals surface area (Å²) in [5, 5.41) is 4.38. The van der Waals surface area contributed by atoms with Crippen LogP contribution in [-0.2, 0) is 11.3 Å². The smallest absolute Gasteiger partial charge is 0.289 e. The molecule has 0 fully saturated rings. The van der Waals surface area contributed by atoms with Gasteiger partial charge in [-0.2, -0.15) is 4.98 Å². The minimum Gasteiger partial charge on any atom is -0.378 e. The number of hydrogen-bond donors (Lipinski definition) is 1. The first kappa shape index (κ1) is 21.6.